The van der Waals surface area contributed by atoms with E-state index in [0.717, 1.165) is 44.2 Å². The molecule has 2 aliphatic rings. The van der Waals surface area contributed by atoms with Crippen LogP contribution in [0.5, 0.6) is 0 Å². The van der Waals surface area contributed by atoms with Crippen molar-refractivity contribution in [2.45, 2.75) is 20.3 Å². The predicted molar refractivity (Wildman–Crippen MR) is 60.6 cm³/mol. The number of allylic oxidation sites excluding steroid dienone is 1. The fourth-order valence-corrected chi connectivity index (χ4v) is 1.83. The van der Waals surface area contributed by atoms with Crippen LogP contribution < -0.4 is 0 Å². The van der Waals surface area contributed by atoms with E-state index in [-0.39, 0.29) is 0 Å². The van der Waals surface area contributed by atoms with E-state index in [0.29, 0.717) is 0 Å². The van der Waals surface area contributed by atoms with E-state index in [1.807, 2.05) is 6.92 Å². The van der Waals surface area contributed by atoms with Gasteiger partial charge in [0.1, 0.15) is 11.6 Å². The van der Waals surface area contributed by atoms with E-state index in [2.05, 4.69) is 28.9 Å². The highest BCUT2D eigenvalue weighted by molar-refractivity contribution is 5.84. The van der Waals surface area contributed by atoms with Crippen LogP contribution in [0.3, 0.4) is 0 Å². The molecule has 0 aromatic rings. The van der Waals surface area contributed by atoms with Crippen molar-refractivity contribution >= 4 is 5.84 Å². The molecule has 4 nitrogen and oxygen atoms in total. The molecule has 0 saturated carbocycles. The number of nitrogens with zero attached hydrogens (tertiary/aromatic N) is 3. The molecule has 1 saturated heterocycles. The summed E-state index contributed by atoms with van der Waals surface area (Å²) in [5, 5.41) is 4.18. The third-order valence-electron chi connectivity index (χ3n) is 3.18. The van der Waals surface area contributed by atoms with Crippen LogP contribution in [0, 0.1) is 0 Å². The predicted octanol–water partition coefficient (Wildman–Crippen LogP) is 1.26. The van der Waals surface area contributed by atoms with Gasteiger partial charge in [-0.25, -0.2) is 0 Å². The lowest BCUT2D eigenvalue weighted by molar-refractivity contribution is 0.182. The van der Waals surface area contributed by atoms with Crippen LogP contribution in [0.2, 0.25) is 0 Å². The minimum absolute atomic E-state index is 0.940. The number of rotatable bonds is 0. The summed E-state index contributed by atoms with van der Waals surface area (Å²) in [5.41, 5.74) is 1.29. The van der Waals surface area contributed by atoms with Crippen molar-refractivity contribution in [3.8, 4) is 0 Å². The van der Waals surface area contributed by atoms with Gasteiger partial charge in [-0.1, -0.05) is 5.16 Å². The van der Waals surface area contributed by atoms with Gasteiger partial charge in [0.2, 0.25) is 0 Å². The molecule has 0 bridgehead atoms. The molecule has 2 aliphatic heterocycles. The summed E-state index contributed by atoms with van der Waals surface area (Å²) in [4.78, 5) is 9.97. The maximum Gasteiger partial charge on any atom is 0.149 e. The van der Waals surface area contributed by atoms with Gasteiger partial charge in [0.05, 0.1) is 0 Å². The monoisotopic (exact) mass is 209 g/mol. The van der Waals surface area contributed by atoms with Crippen LogP contribution in [0.25, 0.3) is 0 Å². The lowest BCUT2D eigenvalue weighted by Crippen LogP contribution is -2.47. The molecule has 2 heterocycles. The second-order valence-corrected chi connectivity index (χ2v) is 4.40. The number of hydrogen-bond donors (Lipinski definition) is 0. The van der Waals surface area contributed by atoms with Gasteiger partial charge in [-0.3, -0.25) is 0 Å². The van der Waals surface area contributed by atoms with Gasteiger partial charge >= 0.3 is 0 Å². The normalized spacial score (nSPS) is 23.9. The lowest BCUT2D eigenvalue weighted by atomic mass is 10.1. The van der Waals surface area contributed by atoms with Crippen molar-refractivity contribution in [2.75, 3.05) is 33.2 Å². The van der Waals surface area contributed by atoms with Crippen molar-refractivity contribution in [3.63, 3.8) is 0 Å². The van der Waals surface area contributed by atoms with Crippen molar-refractivity contribution in [2.24, 2.45) is 5.16 Å². The molecule has 2 rings (SSSR count). The van der Waals surface area contributed by atoms with Crippen LogP contribution in [0.15, 0.2) is 16.5 Å². The molecule has 0 amide bonds. The Balaban J connectivity index is 1.96. The van der Waals surface area contributed by atoms with Crippen LogP contribution in [0.4, 0.5) is 0 Å². The summed E-state index contributed by atoms with van der Waals surface area (Å²) in [7, 11) is 2.16. The fraction of sp³-hybridized carbons (Fsp3) is 0.727. The molecule has 84 valence electrons. The zero-order valence-corrected chi connectivity index (χ0v) is 9.79. The Labute approximate surface area is 91.2 Å². The zero-order valence-electron chi connectivity index (χ0n) is 9.79. The molecule has 0 spiro atoms. The summed E-state index contributed by atoms with van der Waals surface area (Å²) in [6.07, 6.45) is 0.940. The third-order valence-corrected chi connectivity index (χ3v) is 3.18. The molecule has 0 aromatic carbocycles. The first kappa shape index (κ1) is 10.5. The first-order chi connectivity index (χ1) is 7.16. The number of hydrogen-bond acceptors (Lipinski definition) is 4. The Hall–Kier alpha value is -1.03. The van der Waals surface area contributed by atoms with E-state index < -0.39 is 0 Å². The number of oxime groups is 1. The second kappa shape index (κ2) is 4.23. The van der Waals surface area contributed by atoms with Crippen LogP contribution in [0.1, 0.15) is 20.3 Å². The summed E-state index contributed by atoms with van der Waals surface area (Å²) in [5.74, 6) is 2.04. The smallest absolute Gasteiger partial charge is 0.149 e. The Morgan fingerprint density at radius 2 is 1.80 bits per heavy atom. The zero-order chi connectivity index (χ0) is 10.8. The van der Waals surface area contributed by atoms with Gasteiger partial charge in [0.15, 0.2) is 0 Å². The maximum absolute atomic E-state index is 5.30. The maximum atomic E-state index is 5.30. The molecule has 0 N–H and O–H groups in total. The largest absolute Gasteiger partial charge is 0.360 e. The van der Waals surface area contributed by atoms with Gasteiger partial charge in [0, 0.05) is 32.6 Å². The summed E-state index contributed by atoms with van der Waals surface area (Å²) in [6.45, 7) is 8.43. The average molecular weight is 209 g/mol. The Kier molecular flexibility index (Phi) is 2.95. The van der Waals surface area contributed by atoms with Crippen LogP contribution in [-0.2, 0) is 4.84 Å². The Morgan fingerprint density at radius 1 is 1.13 bits per heavy atom. The highest BCUT2D eigenvalue weighted by Crippen LogP contribution is 2.18. The van der Waals surface area contributed by atoms with E-state index in [9.17, 15) is 0 Å². The van der Waals surface area contributed by atoms with E-state index in [1.165, 1.54) is 5.57 Å². The van der Waals surface area contributed by atoms with Gasteiger partial charge in [-0.2, -0.15) is 0 Å². The molecule has 0 aliphatic carbocycles. The lowest BCUT2D eigenvalue weighted by Gasteiger charge is -2.35. The quantitative estimate of drug-likeness (QED) is 0.601. The highest BCUT2D eigenvalue weighted by atomic mass is 16.6. The average Bonchev–Trinajstić information content (AvgIpc) is 2.23. The summed E-state index contributed by atoms with van der Waals surface area (Å²) >= 11 is 0. The molecule has 0 unspecified atom stereocenters. The first-order valence-corrected chi connectivity index (χ1v) is 5.50. The van der Waals surface area contributed by atoms with Gasteiger partial charge < -0.3 is 14.6 Å². The number of likely N-dealkylation sites (N-methyl/N-ethyl adjacent to an activating group) is 1. The molecular formula is C11H19N3O. The van der Waals surface area contributed by atoms with Gasteiger partial charge in [0.25, 0.3) is 0 Å². The standard InChI is InChI=1S/C11H19N3O/c1-9-8-11(12-15-10(9)2)14-6-4-13(3)5-7-14/h4-8H2,1-3H3. The minimum Gasteiger partial charge on any atom is -0.360 e. The second-order valence-electron chi connectivity index (χ2n) is 4.40. The molecular weight excluding hydrogens is 190 g/mol. The molecule has 0 atom stereocenters. The Bertz CT molecular complexity index is 301. The SMILES string of the molecule is CC1=C(C)ON=C(N2CCN(C)CC2)C1. The minimum atomic E-state index is 0.940. The number of piperazine rings is 1. The van der Waals surface area contributed by atoms with Crippen LogP contribution >= 0.6 is 0 Å². The summed E-state index contributed by atoms with van der Waals surface area (Å²) < 4.78 is 0. The fourth-order valence-electron chi connectivity index (χ4n) is 1.83. The van der Waals surface area contributed by atoms with E-state index >= 15 is 0 Å². The topological polar surface area (TPSA) is 28.1 Å². The van der Waals surface area contributed by atoms with Crippen molar-refractivity contribution < 1.29 is 4.84 Å². The van der Waals surface area contributed by atoms with E-state index in [1.54, 1.807) is 0 Å². The van der Waals surface area contributed by atoms with Gasteiger partial charge in [-0.05, 0) is 26.5 Å². The third kappa shape index (κ3) is 2.31. The van der Waals surface area contributed by atoms with Crippen molar-refractivity contribution in [1.29, 1.82) is 0 Å². The molecule has 15 heavy (non-hydrogen) atoms. The first-order valence-electron chi connectivity index (χ1n) is 5.50. The Morgan fingerprint density at radius 3 is 2.40 bits per heavy atom. The number of amidine groups is 1. The molecule has 1 fully saturated rings. The van der Waals surface area contributed by atoms with E-state index in [4.69, 9.17) is 4.84 Å². The highest BCUT2D eigenvalue weighted by Gasteiger charge is 2.21. The summed E-state index contributed by atoms with van der Waals surface area (Å²) in [6, 6.07) is 0. The van der Waals surface area contributed by atoms with Crippen molar-refractivity contribution in [3.05, 3.63) is 11.3 Å². The molecule has 0 aromatic heterocycles. The van der Waals surface area contributed by atoms with Crippen molar-refractivity contribution in [1.82, 2.24) is 9.80 Å². The van der Waals surface area contributed by atoms with Gasteiger partial charge in [-0.15, -0.1) is 0 Å². The molecule has 4 heteroatoms. The molecule has 0 radical (unpaired) electrons. The van der Waals surface area contributed by atoms with Crippen LogP contribution in [-0.4, -0.2) is 48.9 Å².